The first-order chi connectivity index (χ1) is 13.9. The van der Waals surface area contributed by atoms with Crippen LogP contribution in [0.2, 0.25) is 5.02 Å². The zero-order valence-electron chi connectivity index (χ0n) is 15.6. The lowest BCUT2D eigenvalue weighted by Gasteiger charge is -2.10. The first kappa shape index (κ1) is 18.8. The number of aromatic nitrogens is 4. The van der Waals surface area contributed by atoms with Crippen LogP contribution in [0.1, 0.15) is 16.1 Å². The molecule has 4 aromatic rings. The highest BCUT2D eigenvalue weighted by Crippen LogP contribution is 2.31. The molecule has 148 valence electrons. The lowest BCUT2D eigenvalue weighted by Crippen LogP contribution is -2.10. The Labute approximate surface area is 170 Å². The van der Waals surface area contributed by atoms with Gasteiger partial charge in [-0.25, -0.2) is 4.79 Å². The molecule has 0 aliphatic rings. The SMILES string of the molecule is CN(C)c1noc(-c2cccc(CNc3ccc4[nH]nc(C(=O)O)c4c3)c2Cl)n1. The summed E-state index contributed by atoms with van der Waals surface area (Å²) in [4.78, 5) is 17.4. The molecule has 9 nitrogen and oxygen atoms in total. The van der Waals surface area contributed by atoms with Gasteiger partial charge in [-0.05, 0) is 35.0 Å². The van der Waals surface area contributed by atoms with Crippen molar-refractivity contribution < 1.29 is 14.4 Å². The second-order valence-electron chi connectivity index (χ2n) is 6.56. The van der Waals surface area contributed by atoms with Gasteiger partial charge in [-0.15, -0.1) is 0 Å². The van der Waals surface area contributed by atoms with E-state index < -0.39 is 5.97 Å². The van der Waals surface area contributed by atoms with Crippen molar-refractivity contribution in [2.45, 2.75) is 6.54 Å². The number of aromatic carboxylic acids is 1. The number of benzene rings is 2. The Bertz CT molecular complexity index is 1200. The van der Waals surface area contributed by atoms with Crippen molar-refractivity contribution in [2.75, 3.05) is 24.3 Å². The number of rotatable bonds is 6. The summed E-state index contributed by atoms with van der Waals surface area (Å²) >= 11 is 6.57. The van der Waals surface area contributed by atoms with Gasteiger partial charge in [0.2, 0.25) is 0 Å². The number of carboxylic acid groups (broad SMARTS) is 1. The lowest BCUT2D eigenvalue weighted by molar-refractivity contribution is 0.0692. The fourth-order valence-electron chi connectivity index (χ4n) is 2.87. The van der Waals surface area contributed by atoms with E-state index in [9.17, 15) is 9.90 Å². The van der Waals surface area contributed by atoms with Crippen molar-refractivity contribution in [1.29, 1.82) is 0 Å². The first-order valence-corrected chi connectivity index (χ1v) is 9.06. The highest BCUT2D eigenvalue weighted by atomic mass is 35.5. The van der Waals surface area contributed by atoms with E-state index in [0.717, 1.165) is 11.3 Å². The van der Waals surface area contributed by atoms with Gasteiger partial charge in [-0.2, -0.15) is 10.1 Å². The van der Waals surface area contributed by atoms with Crippen molar-refractivity contribution in [1.82, 2.24) is 20.3 Å². The number of H-pyrrole nitrogens is 1. The maximum atomic E-state index is 11.3. The molecule has 4 rings (SSSR count). The number of aromatic amines is 1. The molecule has 3 N–H and O–H groups in total. The summed E-state index contributed by atoms with van der Waals surface area (Å²) in [5, 5.41) is 24.0. The summed E-state index contributed by atoms with van der Waals surface area (Å²) in [5.41, 5.74) is 2.86. The van der Waals surface area contributed by atoms with Gasteiger partial charge in [-0.3, -0.25) is 5.10 Å². The van der Waals surface area contributed by atoms with Gasteiger partial charge in [0, 0.05) is 31.7 Å². The molecule has 0 radical (unpaired) electrons. The smallest absolute Gasteiger partial charge is 0.357 e. The molecule has 0 saturated carbocycles. The Hall–Kier alpha value is -3.59. The number of nitrogens with zero attached hydrogens (tertiary/aromatic N) is 4. The number of carbonyl (C=O) groups is 1. The maximum absolute atomic E-state index is 11.3. The molecular weight excluding hydrogens is 396 g/mol. The van der Waals surface area contributed by atoms with Crippen molar-refractivity contribution in [3.8, 4) is 11.5 Å². The standard InChI is InChI=1S/C19H17ClN6O3/c1-26(2)19-22-17(29-25-19)12-5-3-4-10(15(12)20)9-21-11-6-7-14-13(8-11)16(18(27)28)24-23-14/h3-8,21H,9H2,1-2H3,(H,23,24)(H,27,28). The van der Waals surface area contributed by atoms with Crippen LogP contribution < -0.4 is 10.2 Å². The van der Waals surface area contributed by atoms with Crippen LogP contribution in [-0.2, 0) is 6.54 Å². The topological polar surface area (TPSA) is 120 Å². The maximum Gasteiger partial charge on any atom is 0.357 e. The first-order valence-electron chi connectivity index (χ1n) is 8.68. The van der Waals surface area contributed by atoms with E-state index in [4.69, 9.17) is 16.1 Å². The molecule has 0 unspecified atom stereocenters. The molecule has 29 heavy (non-hydrogen) atoms. The molecule has 0 aliphatic carbocycles. The summed E-state index contributed by atoms with van der Waals surface area (Å²) in [5.74, 6) is -0.283. The predicted molar refractivity (Wildman–Crippen MR) is 109 cm³/mol. The number of fused-ring (bicyclic) bond motifs is 1. The Morgan fingerprint density at radius 1 is 1.31 bits per heavy atom. The molecule has 2 heterocycles. The van der Waals surface area contributed by atoms with E-state index in [1.165, 1.54) is 0 Å². The quantitative estimate of drug-likeness (QED) is 0.439. The number of nitrogens with one attached hydrogen (secondary N) is 2. The summed E-state index contributed by atoms with van der Waals surface area (Å²) in [6.45, 7) is 0.424. The molecule has 0 atom stereocenters. The van der Waals surface area contributed by atoms with E-state index in [1.54, 1.807) is 17.0 Å². The van der Waals surface area contributed by atoms with Gasteiger partial charge >= 0.3 is 5.97 Å². The molecule has 0 aliphatic heterocycles. The fraction of sp³-hybridized carbons (Fsp3) is 0.158. The third kappa shape index (κ3) is 3.59. The van der Waals surface area contributed by atoms with Gasteiger partial charge in [0.05, 0.1) is 16.1 Å². The van der Waals surface area contributed by atoms with Crippen molar-refractivity contribution in [3.63, 3.8) is 0 Å². The van der Waals surface area contributed by atoms with E-state index in [1.807, 2.05) is 38.4 Å². The van der Waals surface area contributed by atoms with E-state index in [2.05, 4.69) is 25.7 Å². The minimum Gasteiger partial charge on any atom is -0.476 e. The van der Waals surface area contributed by atoms with Crippen LogP contribution in [0.15, 0.2) is 40.9 Å². The average Bonchev–Trinajstić information content (AvgIpc) is 3.34. The number of hydrogen-bond acceptors (Lipinski definition) is 7. The Kier molecular flexibility index (Phi) is 4.81. The Morgan fingerprint density at radius 2 is 2.14 bits per heavy atom. The van der Waals surface area contributed by atoms with Crippen LogP contribution >= 0.6 is 11.6 Å². The van der Waals surface area contributed by atoms with Crippen LogP contribution in [-0.4, -0.2) is 45.5 Å². The van der Waals surface area contributed by atoms with Crippen LogP contribution in [0.5, 0.6) is 0 Å². The van der Waals surface area contributed by atoms with Crippen LogP contribution in [0.4, 0.5) is 11.6 Å². The van der Waals surface area contributed by atoms with E-state index in [-0.39, 0.29) is 5.69 Å². The highest BCUT2D eigenvalue weighted by Gasteiger charge is 2.16. The van der Waals surface area contributed by atoms with E-state index in [0.29, 0.717) is 39.9 Å². The molecule has 0 spiro atoms. The largest absolute Gasteiger partial charge is 0.476 e. The third-order valence-electron chi connectivity index (χ3n) is 4.37. The van der Waals surface area contributed by atoms with Gasteiger partial charge in [0.15, 0.2) is 5.69 Å². The minimum atomic E-state index is -1.08. The Morgan fingerprint density at radius 3 is 2.86 bits per heavy atom. The van der Waals surface area contributed by atoms with Crippen LogP contribution in [0, 0.1) is 0 Å². The summed E-state index contributed by atoms with van der Waals surface area (Å²) in [6, 6.07) is 10.9. The number of hydrogen-bond donors (Lipinski definition) is 3. The molecule has 2 aromatic heterocycles. The Balaban J connectivity index is 1.58. The molecule has 2 aromatic carbocycles. The molecule has 0 fully saturated rings. The number of carboxylic acids is 1. The molecular formula is C19H17ClN6O3. The summed E-state index contributed by atoms with van der Waals surface area (Å²) in [7, 11) is 3.65. The van der Waals surface area contributed by atoms with E-state index >= 15 is 0 Å². The van der Waals surface area contributed by atoms with Gasteiger partial charge in [-0.1, -0.05) is 23.7 Å². The average molecular weight is 413 g/mol. The second-order valence-corrected chi connectivity index (χ2v) is 6.94. The molecule has 0 bridgehead atoms. The van der Waals surface area contributed by atoms with Crippen LogP contribution in [0.25, 0.3) is 22.4 Å². The second kappa shape index (κ2) is 7.44. The number of halogens is 1. The van der Waals surface area contributed by atoms with Gasteiger partial charge < -0.3 is 19.8 Å². The zero-order chi connectivity index (χ0) is 20.5. The monoisotopic (exact) mass is 412 g/mol. The predicted octanol–water partition coefficient (Wildman–Crippen LogP) is 3.64. The molecule has 0 amide bonds. The lowest BCUT2D eigenvalue weighted by atomic mass is 10.1. The zero-order valence-corrected chi connectivity index (χ0v) is 16.4. The highest BCUT2D eigenvalue weighted by molar-refractivity contribution is 6.34. The minimum absolute atomic E-state index is 0.0169. The number of anilines is 2. The molecule has 10 heteroatoms. The molecule has 0 saturated heterocycles. The summed E-state index contributed by atoms with van der Waals surface area (Å²) < 4.78 is 5.31. The van der Waals surface area contributed by atoms with Crippen molar-refractivity contribution in [3.05, 3.63) is 52.7 Å². The summed E-state index contributed by atoms with van der Waals surface area (Å²) in [6.07, 6.45) is 0. The van der Waals surface area contributed by atoms with Crippen LogP contribution in [0.3, 0.4) is 0 Å². The normalized spacial score (nSPS) is 11.0. The third-order valence-corrected chi connectivity index (χ3v) is 4.82. The van der Waals surface area contributed by atoms with Crippen molar-refractivity contribution in [2.24, 2.45) is 0 Å². The van der Waals surface area contributed by atoms with Gasteiger partial charge in [0.1, 0.15) is 0 Å². The van der Waals surface area contributed by atoms with Gasteiger partial charge in [0.25, 0.3) is 11.8 Å². The van der Waals surface area contributed by atoms with Crippen molar-refractivity contribution >= 4 is 40.1 Å². The fourth-order valence-corrected chi connectivity index (χ4v) is 3.15.